The first-order valence-electron chi connectivity index (χ1n) is 4.70. The van der Waals surface area contributed by atoms with Crippen LogP contribution in [0.5, 0.6) is 0 Å². The molecule has 0 aromatic heterocycles. The molecule has 1 heterocycles. The number of fused-ring (bicyclic) bond motifs is 1. The van der Waals surface area contributed by atoms with E-state index in [1.807, 2.05) is 13.0 Å². The van der Waals surface area contributed by atoms with Crippen molar-refractivity contribution < 1.29 is 8.42 Å². The normalized spacial score (nSPS) is 24.9. The first-order chi connectivity index (χ1) is 6.93. The Hall–Kier alpha value is -0.390. The van der Waals surface area contributed by atoms with Gasteiger partial charge in [0.1, 0.15) is 0 Å². The van der Waals surface area contributed by atoms with E-state index in [4.69, 9.17) is 5.73 Å². The highest BCUT2D eigenvalue weighted by atomic mass is 79.9. The summed E-state index contributed by atoms with van der Waals surface area (Å²) in [6, 6.07) is 5.09. The van der Waals surface area contributed by atoms with E-state index in [9.17, 15) is 8.42 Å². The van der Waals surface area contributed by atoms with E-state index in [2.05, 4.69) is 15.9 Å². The van der Waals surface area contributed by atoms with Gasteiger partial charge >= 0.3 is 0 Å². The molecule has 2 atom stereocenters. The highest BCUT2D eigenvalue weighted by Gasteiger charge is 2.37. The Labute approximate surface area is 97.7 Å². The van der Waals surface area contributed by atoms with Gasteiger partial charge in [0.25, 0.3) is 0 Å². The molecule has 0 spiro atoms. The van der Waals surface area contributed by atoms with Gasteiger partial charge < -0.3 is 5.73 Å². The quantitative estimate of drug-likeness (QED) is 0.856. The summed E-state index contributed by atoms with van der Waals surface area (Å²) in [5.74, 6) is 0.0309. The van der Waals surface area contributed by atoms with Crippen molar-refractivity contribution >= 4 is 25.8 Å². The monoisotopic (exact) mass is 289 g/mol. The van der Waals surface area contributed by atoms with Gasteiger partial charge in [0.2, 0.25) is 0 Å². The van der Waals surface area contributed by atoms with Gasteiger partial charge in [0, 0.05) is 16.4 Å². The molecule has 2 rings (SSSR count). The average Bonchev–Trinajstić information content (AvgIpc) is 2.40. The second kappa shape index (κ2) is 3.57. The fourth-order valence-corrected chi connectivity index (χ4v) is 4.77. The van der Waals surface area contributed by atoms with Crippen molar-refractivity contribution in [1.29, 1.82) is 0 Å². The molecule has 0 bridgehead atoms. The van der Waals surface area contributed by atoms with Crippen LogP contribution in [0.2, 0.25) is 0 Å². The van der Waals surface area contributed by atoms with E-state index < -0.39 is 9.84 Å². The topological polar surface area (TPSA) is 60.2 Å². The van der Waals surface area contributed by atoms with Crippen LogP contribution >= 0.6 is 15.9 Å². The van der Waals surface area contributed by atoms with Gasteiger partial charge in [-0.15, -0.1) is 0 Å². The summed E-state index contributed by atoms with van der Waals surface area (Å²) in [6.07, 6.45) is 0. The molecule has 5 heteroatoms. The lowest BCUT2D eigenvalue weighted by atomic mass is 9.95. The van der Waals surface area contributed by atoms with E-state index >= 15 is 0 Å². The fraction of sp³-hybridized carbons (Fsp3) is 0.400. The Morgan fingerprint density at radius 1 is 1.53 bits per heavy atom. The van der Waals surface area contributed by atoms with E-state index in [1.165, 1.54) is 0 Å². The van der Waals surface area contributed by atoms with Crippen LogP contribution in [0, 0.1) is 0 Å². The van der Waals surface area contributed by atoms with Crippen molar-refractivity contribution in [3.63, 3.8) is 0 Å². The summed E-state index contributed by atoms with van der Waals surface area (Å²) in [6.45, 7) is 1.84. The lowest BCUT2D eigenvalue weighted by Crippen LogP contribution is -2.26. The molecule has 15 heavy (non-hydrogen) atoms. The molecule has 2 N–H and O–H groups in total. The van der Waals surface area contributed by atoms with Gasteiger partial charge in [-0.05, 0) is 24.6 Å². The molecule has 0 saturated heterocycles. The van der Waals surface area contributed by atoms with Gasteiger partial charge in [-0.1, -0.05) is 22.0 Å². The van der Waals surface area contributed by atoms with Gasteiger partial charge in [-0.25, -0.2) is 8.42 Å². The first kappa shape index (κ1) is 11.1. The number of rotatable bonds is 1. The standard InChI is InChI=1S/C10H12BrNO2S/c1-6(12)7-5-15(13,14)9-4-2-3-8(11)10(7)9/h2-4,6-7H,5,12H2,1H3. The molecule has 82 valence electrons. The van der Waals surface area contributed by atoms with Crippen molar-refractivity contribution in [3.8, 4) is 0 Å². The minimum atomic E-state index is -3.13. The van der Waals surface area contributed by atoms with Crippen LogP contribution in [0.4, 0.5) is 0 Å². The van der Waals surface area contributed by atoms with Crippen molar-refractivity contribution in [3.05, 3.63) is 28.2 Å². The maximum atomic E-state index is 11.8. The molecule has 0 fully saturated rings. The Balaban J connectivity index is 2.69. The molecular weight excluding hydrogens is 278 g/mol. The summed E-state index contributed by atoms with van der Waals surface area (Å²) >= 11 is 3.39. The number of halogens is 1. The Morgan fingerprint density at radius 3 is 2.80 bits per heavy atom. The summed E-state index contributed by atoms with van der Waals surface area (Å²) in [4.78, 5) is 0.430. The largest absolute Gasteiger partial charge is 0.327 e. The van der Waals surface area contributed by atoms with Crippen molar-refractivity contribution in [2.75, 3.05) is 5.75 Å². The van der Waals surface area contributed by atoms with Crippen LogP contribution < -0.4 is 5.73 Å². The van der Waals surface area contributed by atoms with Crippen LogP contribution in [-0.4, -0.2) is 20.2 Å². The van der Waals surface area contributed by atoms with Crippen molar-refractivity contribution in [2.24, 2.45) is 5.73 Å². The molecule has 0 saturated carbocycles. The summed E-state index contributed by atoms with van der Waals surface area (Å²) < 4.78 is 24.5. The van der Waals surface area contributed by atoms with Crippen LogP contribution in [0.3, 0.4) is 0 Å². The van der Waals surface area contributed by atoms with E-state index in [0.717, 1.165) is 10.0 Å². The predicted octanol–water partition coefficient (Wildman–Crippen LogP) is 1.67. The van der Waals surface area contributed by atoms with E-state index in [0.29, 0.717) is 4.90 Å². The maximum Gasteiger partial charge on any atom is 0.179 e. The third-order valence-corrected chi connectivity index (χ3v) is 5.27. The Bertz CT molecular complexity index is 496. The van der Waals surface area contributed by atoms with Crippen LogP contribution in [0.1, 0.15) is 18.4 Å². The number of hydrogen-bond donors (Lipinski definition) is 1. The van der Waals surface area contributed by atoms with Gasteiger partial charge in [-0.3, -0.25) is 0 Å². The third kappa shape index (κ3) is 1.73. The highest BCUT2D eigenvalue weighted by molar-refractivity contribution is 9.10. The molecule has 1 aromatic carbocycles. The Kier molecular flexibility index (Phi) is 2.65. The first-order valence-corrected chi connectivity index (χ1v) is 7.15. The predicted molar refractivity (Wildman–Crippen MR) is 62.6 cm³/mol. The number of nitrogens with two attached hydrogens (primary N) is 1. The fourth-order valence-electron chi connectivity index (χ4n) is 1.97. The molecule has 3 nitrogen and oxygen atoms in total. The molecule has 0 aliphatic carbocycles. The lowest BCUT2D eigenvalue weighted by Gasteiger charge is -2.15. The number of sulfone groups is 1. The highest BCUT2D eigenvalue weighted by Crippen LogP contribution is 2.40. The third-order valence-electron chi connectivity index (χ3n) is 2.75. The molecule has 0 amide bonds. The van der Waals surface area contributed by atoms with Crippen molar-refractivity contribution in [1.82, 2.24) is 0 Å². The van der Waals surface area contributed by atoms with Gasteiger partial charge in [0.05, 0.1) is 10.6 Å². The number of hydrogen-bond acceptors (Lipinski definition) is 3. The smallest absolute Gasteiger partial charge is 0.179 e. The van der Waals surface area contributed by atoms with Crippen LogP contribution in [-0.2, 0) is 9.84 Å². The summed E-state index contributed by atoms with van der Waals surface area (Å²) in [5.41, 5.74) is 6.66. The maximum absolute atomic E-state index is 11.8. The average molecular weight is 290 g/mol. The minimum absolute atomic E-state index is 0.0967. The minimum Gasteiger partial charge on any atom is -0.327 e. The Morgan fingerprint density at radius 2 is 2.20 bits per heavy atom. The molecular formula is C10H12BrNO2S. The van der Waals surface area contributed by atoms with Gasteiger partial charge in [0.15, 0.2) is 9.84 Å². The zero-order valence-corrected chi connectivity index (χ0v) is 10.7. The number of benzene rings is 1. The molecule has 2 unspecified atom stereocenters. The molecule has 1 aliphatic heterocycles. The summed E-state index contributed by atoms with van der Waals surface area (Å²) in [5, 5.41) is 0. The molecule has 0 radical (unpaired) electrons. The molecule has 1 aromatic rings. The van der Waals surface area contributed by atoms with E-state index in [1.54, 1.807) is 12.1 Å². The van der Waals surface area contributed by atoms with Crippen LogP contribution in [0.15, 0.2) is 27.6 Å². The van der Waals surface area contributed by atoms with E-state index in [-0.39, 0.29) is 17.7 Å². The lowest BCUT2D eigenvalue weighted by molar-refractivity contribution is 0.584. The molecule has 1 aliphatic rings. The second-order valence-electron chi connectivity index (χ2n) is 3.90. The summed E-state index contributed by atoms with van der Waals surface area (Å²) in [7, 11) is -3.13. The van der Waals surface area contributed by atoms with Crippen LogP contribution in [0.25, 0.3) is 0 Å². The van der Waals surface area contributed by atoms with Crippen molar-refractivity contribution in [2.45, 2.75) is 23.8 Å². The zero-order valence-electron chi connectivity index (χ0n) is 8.27. The SMILES string of the molecule is CC(N)C1CS(=O)(=O)c2cccc(Br)c21. The second-order valence-corrected chi connectivity index (χ2v) is 6.76. The zero-order chi connectivity index (χ0) is 11.2. The van der Waals surface area contributed by atoms with Gasteiger partial charge in [-0.2, -0.15) is 0 Å².